The zero-order valence-electron chi connectivity index (χ0n) is 9.07. The average Bonchev–Trinajstić information content (AvgIpc) is 2.23. The summed E-state index contributed by atoms with van der Waals surface area (Å²) in [6.45, 7) is 6.75. The van der Waals surface area contributed by atoms with Gasteiger partial charge in [-0.05, 0) is 6.92 Å². The molecule has 2 aliphatic rings. The van der Waals surface area contributed by atoms with Crippen LogP contribution < -0.4 is 5.32 Å². The smallest absolute Gasteiger partial charge is 0.323 e. The first-order valence-corrected chi connectivity index (χ1v) is 5.50. The van der Waals surface area contributed by atoms with E-state index in [9.17, 15) is 4.79 Å². The molecule has 0 aromatic heterocycles. The van der Waals surface area contributed by atoms with Gasteiger partial charge in [0.05, 0.1) is 13.2 Å². The van der Waals surface area contributed by atoms with Gasteiger partial charge in [-0.3, -0.25) is 9.69 Å². The van der Waals surface area contributed by atoms with E-state index in [0.29, 0.717) is 13.2 Å². The molecule has 2 saturated heterocycles. The molecule has 5 nitrogen and oxygen atoms in total. The molecule has 2 fully saturated rings. The van der Waals surface area contributed by atoms with Gasteiger partial charge in [0.15, 0.2) is 0 Å². The van der Waals surface area contributed by atoms with E-state index in [4.69, 9.17) is 9.47 Å². The number of hydrogen-bond acceptors (Lipinski definition) is 5. The Hall–Kier alpha value is -0.650. The molecule has 1 N–H and O–H groups in total. The molecule has 1 atom stereocenters. The van der Waals surface area contributed by atoms with Gasteiger partial charge in [0.2, 0.25) is 0 Å². The van der Waals surface area contributed by atoms with Gasteiger partial charge < -0.3 is 14.8 Å². The van der Waals surface area contributed by atoms with Crippen LogP contribution in [0.4, 0.5) is 0 Å². The van der Waals surface area contributed by atoms with Crippen molar-refractivity contribution in [2.75, 3.05) is 39.4 Å². The standard InChI is InChI=1S/C10H18N2O3/c1-8(12-4-2-11-3-5-12)10(13)15-9-6-14-7-9/h8-9,11H,2-7H2,1H3. The minimum absolute atomic E-state index is 0.0112. The molecular formula is C10H18N2O3. The Morgan fingerprint density at radius 3 is 2.67 bits per heavy atom. The second kappa shape index (κ2) is 4.92. The number of ether oxygens (including phenoxy) is 2. The highest BCUT2D eigenvalue weighted by atomic mass is 16.6. The maximum atomic E-state index is 11.7. The van der Waals surface area contributed by atoms with Crippen LogP contribution in [-0.4, -0.2) is 62.4 Å². The SMILES string of the molecule is CC(C(=O)OC1COC1)N1CCNCC1. The summed E-state index contributed by atoms with van der Waals surface area (Å²) in [5.41, 5.74) is 0. The van der Waals surface area contributed by atoms with Crippen LogP contribution >= 0.6 is 0 Å². The fraction of sp³-hybridized carbons (Fsp3) is 0.900. The summed E-state index contributed by atoms with van der Waals surface area (Å²) in [6.07, 6.45) is -0.0112. The topological polar surface area (TPSA) is 50.8 Å². The molecule has 2 heterocycles. The number of nitrogens with one attached hydrogen (secondary N) is 1. The molecule has 2 rings (SSSR count). The van der Waals surface area contributed by atoms with Gasteiger partial charge in [0, 0.05) is 26.2 Å². The van der Waals surface area contributed by atoms with Crippen molar-refractivity contribution in [2.24, 2.45) is 0 Å². The third-order valence-electron chi connectivity index (χ3n) is 2.93. The molecule has 0 aromatic carbocycles. The van der Waals surface area contributed by atoms with Crippen molar-refractivity contribution >= 4 is 5.97 Å². The molecule has 86 valence electrons. The van der Waals surface area contributed by atoms with Crippen LogP contribution in [0.1, 0.15) is 6.92 Å². The van der Waals surface area contributed by atoms with Crippen LogP contribution in [0, 0.1) is 0 Å². The van der Waals surface area contributed by atoms with Crippen LogP contribution in [0.3, 0.4) is 0 Å². The molecular weight excluding hydrogens is 196 g/mol. The minimum Gasteiger partial charge on any atom is -0.456 e. The van der Waals surface area contributed by atoms with E-state index in [1.807, 2.05) is 6.92 Å². The summed E-state index contributed by atoms with van der Waals surface area (Å²) in [5, 5.41) is 3.26. The summed E-state index contributed by atoms with van der Waals surface area (Å²) >= 11 is 0. The number of carbonyl (C=O) groups is 1. The lowest BCUT2D eigenvalue weighted by Crippen LogP contribution is -2.51. The van der Waals surface area contributed by atoms with Gasteiger partial charge in [-0.2, -0.15) is 0 Å². The Labute approximate surface area is 89.7 Å². The Morgan fingerprint density at radius 1 is 1.47 bits per heavy atom. The molecule has 0 radical (unpaired) electrons. The molecule has 0 spiro atoms. The highest BCUT2D eigenvalue weighted by molar-refractivity contribution is 5.75. The predicted molar refractivity (Wildman–Crippen MR) is 54.6 cm³/mol. The zero-order valence-corrected chi connectivity index (χ0v) is 9.07. The predicted octanol–water partition coefficient (Wildman–Crippen LogP) is -0.778. The lowest BCUT2D eigenvalue weighted by atomic mass is 10.2. The molecule has 5 heteroatoms. The first kappa shape index (κ1) is 10.9. The maximum absolute atomic E-state index is 11.7. The summed E-state index contributed by atoms with van der Waals surface area (Å²) in [6, 6.07) is -0.132. The largest absolute Gasteiger partial charge is 0.456 e. The van der Waals surface area contributed by atoms with Crippen molar-refractivity contribution in [1.82, 2.24) is 10.2 Å². The van der Waals surface area contributed by atoms with Gasteiger partial charge in [-0.1, -0.05) is 0 Å². The van der Waals surface area contributed by atoms with Crippen LogP contribution in [0.2, 0.25) is 0 Å². The molecule has 0 aliphatic carbocycles. The Balaban J connectivity index is 1.77. The quantitative estimate of drug-likeness (QED) is 0.625. The van der Waals surface area contributed by atoms with Crippen molar-refractivity contribution in [2.45, 2.75) is 19.1 Å². The van der Waals surface area contributed by atoms with Crippen molar-refractivity contribution in [1.29, 1.82) is 0 Å². The van der Waals surface area contributed by atoms with E-state index in [1.165, 1.54) is 0 Å². The first-order valence-electron chi connectivity index (χ1n) is 5.50. The number of piperazine rings is 1. The normalized spacial score (nSPS) is 25.7. The van der Waals surface area contributed by atoms with Gasteiger partial charge in [-0.15, -0.1) is 0 Å². The third-order valence-corrected chi connectivity index (χ3v) is 2.93. The third kappa shape index (κ3) is 2.68. The number of rotatable bonds is 3. The second-order valence-corrected chi connectivity index (χ2v) is 4.06. The van der Waals surface area contributed by atoms with Crippen LogP contribution in [0.25, 0.3) is 0 Å². The van der Waals surface area contributed by atoms with E-state index in [0.717, 1.165) is 26.2 Å². The van der Waals surface area contributed by atoms with Gasteiger partial charge in [0.1, 0.15) is 12.1 Å². The summed E-state index contributed by atoms with van der Waals surface area (Å²) in [5.74, 6) is -0.120. The minimum atomic E-state index is -0.132. The lowest BCUT2D eigenvalue weighted by Gasteiger charge is -2.33. The average molecular weight is 214 g/mol. The fourth-order valence-electron chi connectivity index (χ4n) is 1.76. The van der Waals surface area contributed by atoms with Gasteiger partial charge in [-0.25, -0.2) is 0 Å². The highest BCUT2D eigenvalue weighted by Crippen LogP contribution is 2.09. The molecule has 0 bridgehead atoms. The molecule has 2 aliphatic heterocycles. The van der Waals surface area contributed by atoms with Gasteiger partial charge >= 0.3 is 5.97 Å². The molecule has 0 saturated carbocycles. The molecule has 0 amide bonds. The van der Waals surface area contributed by atoms with E-state index < -0.39 is 0 Å². The van der Waals surface area contributed by atoms with Crippen molar-refractivity contribution in [3.63, 3.8) is 0 Å². The van der Waals surface area contributed by atoms with E-state index >= 15 is 0 Å². The van der Waals surface area contributed by atoms with Crippen LogP contribution in [-0.2, 0) is 14.3 Å². The Kier molecular flexibility index (Phi) is 3.56. The summed E-state index contributed by atoms with van der Waals surface area (Å²) in [4.78, 5) is 13.9. The Morgan fingerprint density at radius 2 is 2.13 bits per heavy atom. The van der Waals surface area contributed by atoms with Crippen molar-refractivity contribution < 1.29 is 14.3 Å². The van der Waals surface area contributed by atoms with E-state index in [1.54, 1.807) is 0 Å². The second-order valence-electron chi connectivity index (χ2n) is 4.06. The van der Waals surface area contributed by atoms with Gasteiger partial charge in [0.25, 0.3) is 0 Å². The van der Waals surface area contributed by atoms with Crippen molar-refractivity contribution in [3.05, 3.63) is 0 Å². The fourth-order valence-corrected chi connectivity index (χ4v) is 1.76. The molecule has 15 heavy (non-hydrogen) atoms. The maximum Gasteiger partial charge on any atom is 0.323 e. The van der Waals surface area contributed by atoms with Crippen LogP contribution in [0.15, 0.2) is 0 Å². The number of esters is 1. The molecule has 1 unspecified atom stereocenters. The van der Waals surface area contributed by atoms with E-state index in [-0.39, 0.29) is 18.1 Å². The number of hydrogen-bond donors (Lipinski definition) is 1. The lowest BCUT2D eigenvalue weighted by molar-refractivity contribution is -0.177. The summed E-state index contributed by atoms with van der Waals surface area (Å²) < 4.78 is 10.2. The van der Waals surface area contributed by atoms with E-state index in [2.05, 4.69) is 10.2 Å². The molecule has 0 aromatic rings. The first-order chi connectivity index (χ1) is 7.27. The Bertz CT molecular complexity index is 225. The zero-order chi connectivity index (χ0) is 10.7. The highest BCUT2D eigenvalue weighted by Gasteiger charge is 2.29. The number of carbonyl (C=O) groups excluding carboxylic acids is 1. The summed E-state index contributed by atoms with van der Waals surface area (Å²) in [7, 11) is 0. The van der Waals surface area contributed by atoms with Crippen LogP contribution in [0.5, 0.6) is 0 Å². The number of nitrogens with zero attached hydrogens (tertiary/aromatic N) is 1. The van der Waals surface area contributed by atoms with Crippen molar-refractivity contribution in [3.8, 4) is 0 Å². The monoisotopic (exact) mass is 214 g/mol.